The Labute approximate surface area is 334 Å². The number of rotatable bonds is 12. The van der Waals surface area contributed by atoms with E-state index in [-0.39, 0.29) is 24.7 Å². The van der Waals surface area contributed by atoms with E-state index in [0.717, 1.165) is 112 Å². The summed E-state index contributed by atoms with van der Waals surface area (Å²) in [6.07, 6.45) is 5.26. The van der Waals surface area contributed by atoms with Gasteiger partial charge in [-0.05, 0) is 118 Å². The fourth-order valence-electron chi connectivity index (χ4n) is 9.51. The highest BCUT2D eigenvalue weighted by atomic mass is 16.6. The second kappa shape index (κ2) is 18.1. The largest absolute Gasteiger partial charge is 0.465 e. The van der Waals surface area contributed by atoms with Crippen molar-refractivity contribution in [3.63, 3.8) is 0 Å². The molecule has 7 rings (SSSR count). The summed E-state index contributed by atoms with van der Waals surface area (Å²) in [7, 11) is 7.65. The van der Waals surface area contributed by atoms with Crippen LogP contribution in [-0.4, -0.2) is 116 Å². The van der Waals surface area contributed by atoms with Crippen LogP contribution in [0.25, 0.3) is 11.1 Å². The molecule has 3 fully saturated rings. The fourth-order valence-corrected chi connectivity index (χ4v) is 9.51. The van der Waals surface area contributed by atoms with Gasteiger partial charge in [-0.15, -0.1) is 0 Å². The lowest BCUT2D eigenvalue weighted by atomic mass is 9.89. The highest BCUT2D eigenvalue weighted by Crippen LogP contribution is 2.40. The minimum atomic E-state index is -0.408. The summed E-state index contributed by atoms with van der Waals surface area (Å²) in [5.74, 6) is -0.746. The Morgan fingerprint density at radius 1 is 0.786 bits per heavy atom. The van der Waals surface area contributed by atoms with Gasteiger partial charge >= 0.3 is 11.9 Å². The number of carbonyl (C=O) groups is 2. The number of nitrogens with zero attached hydrogens (tertiary/aromatic N) is 3. The molecular formula is C45H58BN3O7. The van der Waals surface area contributed by atoms with Crippen molar-refractivity contribution in [1.29, 1.82) is 0 Å². The van der Waals surface area contributed by atoms with Crippen molar-refractivity contribution in [2.45, 2.75) is 90.4 Å². The zero-order valence-electron chi connectivity index (χ0n) is 33.9. The van der Waals surface area contributed by atoms with Gasteiger partial charge in [0.05, 0.1) is 37.6 Å². The molecule has 3 aliphatic heterocycles. The van der Waals surface area contributed by atoms with Gasteiger partial charge in [-0.3, -0.25) is 4.90 Å². The smallest absolute Gasteiger partial charge is 0.338 e. The Morgan fingerprint density at radius 3 is 2.16 bits per heavy atom. The van der Waals surface area contributed by atoms with E-state index in [1.165, 1.54) is 18.2 Å². The monoisotopic (exact) mass is 763 g/mol. The standard InChI is InChI=1S/C45H58BN3O7/c1-6-48(35-12-17-53-18-13-35)42-24-33(31-8-10-38-32(22-31)9-11-41(38)47-15-20-54-21-16-47)23-39(29(42)3)45(51)56-28-37-27-36(14-19-55-37)49(7-2)43-26-34(46)25-40(30(43)4)44(50)52-5/h8,10,22-26,35-37,41H,6-7,9,11-21,27-28H2,1-5H3. The fraction of sp³-hybridized carbons (Fsp3) is 0.556. The van der Waals surface area contributed by atoms with Gasteiger partial charge in [-0.1, -0.05) is 29.7 Å². The summed E-state index contributed by atoms with van der Waals surface area (Å²) in [5.41, 5.74) is 10.3. The van der Waals surface area contributed by atoms with Gasteiger partial charge in [-0.2, -0.15) is 0 Å². The van der Waals surface area contributed by atoms with E-state index in [9.17, 15) is 9.59 Å². The predicted octanol–water partition coefficient (Wildman–Crippen LogP) is 6.11. The first-order valence-electron chi connectivity index (χ1n) is 20.7. The third-order valence-corrected chi connectivity index (χ3v) is 12.5. The molecule has 0 amide bonds. The molecule has 298 valence electrons. The van der Waals surface area contributed by atoms with Crippen LogP contribution >= 0.6 is 0 Å². The first kappa shape index (κ1) is 40.3. The Morgan fingerprint density at radius 2 is 1.45 bits per heavy atom. The van der Waals surface area contributed by atoms with Crippen molar-refractivity contribution in [3.8, 4) is 11.1 Å². The Balaban J connectivity index is 1.13. The van der Waals surface area contributed by atoms with Gasteiger partial charge in [0.2, 0.25) is 0 Å². The lowest BCUT2D eigenvalue weighted by Crippen LogP contribution is -2.44. The molecule has 56 heavy (non-hydrogen) atoms. The number of morpholine rings is 1. The molecule has 3 unspecified atom stereocenters. The summed E-state index contributed by atoms with van der Waals surface area (Å²) >= 11 is 0. The molecule has 1 aliphatic carbocycles. The van der Waals surface area contributed by atoms with Crippen LogP contribution in [0.4, 0.5) is 11.4 Å². The van der Waals surface area contributed by atoms with Crippen molar-refractivity contribution in [1.82, 2.24) is 4.90 Å². The Hall–Kier alpha value is -3.90. The molecule has 3 aromatic carbocycles. The number of carbonyl (C=O) groups excluding carboxylic acids is 2. The maximum absolute atomic E-state index is 14.2. The summed E-state index contributed by atoms with van der Waals surface area (Å²) in [6, 6.07) is 15.7. The normalized spacial score (nSPS) is 21.7. The molecule has 3 heterocycles. The second-order valence-corrected chi connectivity index (χ2v) is 15.7. The Bertz CT molecular complexity index is 1870. The number of fused-ring (bicyclic) bond motifs is 1. The number of hydrogen-bond donors (Lipinski definition) is 0. The molecule has 2 radical (unpaired) electrons. The van der Waals surface area contributed by atoms with Gasteiger partial charge in [0, 0.05) is 75.5 Å². The third-order valence-electron chi connectivity index (χ3n) is 12.5. The molecule has 4 aliphatic rings. The molecule has 0 bridgehead atoms. The van der Waals surface area contributed by atoms with Crippen LogP contribution in [0.2, 0.25) is 0 Å². The van der Waals surface area contributed by atoms with E-state index in [1.54, 1.807) is 6.07 Å². The third kappa shape index (κ3) is 8.52. The zero-order chi connectivity index (χ0) is 39.3. The van der Waals surface area contributed by atoms with Crippen LogP contribution in [0, 0.1) is 13.8 Å². The van der Waals surface area contributed by atoms with E-state index in [4.69, 9.17) is 31.5 Å². The number of aryl methyl sites for hydroxylation is 1. The number of methoxy groups -OCH3 is 1. The molecule has 3 saturated heterocycles. The Kier molecular flexibility index (Phi) is 13.1. The number of hydrogen-bond acceptors (Lipinski definition) is 10. The van der Waals surface area contributed by atoms with Crippen molar-refractivity contribution >= 4 is 36.6 Å². The van der Waals surface area contributed by atoms with E-state index >= 15 is 0 Å². The molecule has 3 aromatic rings. The highest BCUT2D eigenvalue weighted by Gasteiger charge is 2.32. The van der Waals surface area contributed by atoms with Crippen LogP contribution in [0.3, 0.4) is 0 Å². The molecular weight excluding hydrogens is 705 g/mol. The van der Waals surface area contributed by atoms with E-state index in [1.807, 2.05) is 19.1 Å². The lowest BCUT2D eigenvalue weighted by molar-refractivity contribution is -0.0359. The van der Waals surface area contributed by atoms with Gasteiger partial charge in [-0.25, -0.2) is 9.59 Å². The summed E-state index contributed by atoms with van der Waals surface area (Å²) in [6.45, 7) is 15.5. The SMILES string of the molecule is [B]c1cc(C(=O)OC)c(C)c(N(CC)C2CCOC(COC(=O)c3cc(-c4ccc5c(c4)CCC5N4CCOCC4)cc(N(CC)C4CCOCC4)c3C)C2)c1. The van der Waals surface area contributed by atoms with Crippen molar-refractivity contribution in [3.05, 3.63) is 75.8 Å². The average Bonchev–Trinajstić information content (AvgIpc) is 3.66. The van der Waals surface area contributed by atoms with E-state index < -0.39 is 5.97 Å². The van der Waals surface area contributed by atoms with E-state index in [2.05, 4.69) is 59.7 Å². The molecule has 11 heteroatoms. The van der Waals surface area contributed by atoms with Crippen LogP contribution in [-0.2, 0) is 30.1 Å². The molecule has 0 N–H and O–H groups in total. The number of benzene rings is 3. The minimum absolute atomic E-state index is 0.111. The van der Waals surface area contributed by atoms with Gasteiger partial charge < -0.3 is 33.5 Å². The summed E-state index contributed by atoms with van der Waals surface area (Å²) in [5, 5.41) is 0. The summed E-state index contributed by atoms with van der Waals surface area (Å²) in [4.78, 5) is 34.1. The number of esters is 2. The first-order valence-corrected chi connectivity index (χ1v) is 20.7. The summed E-state index contributed by atoms with van der Waals surface area (Å²) < 4.78 is 28.8. The molecule has 10 nitrogen and oxygen atoms in total. The van der Waals surface area contributed by atoms with Crippen molar-refractivity contribution in [2.75, 3.05) is 82.7 Å². The van der Waals surface area contributed by atoms with Crippen molar-refractivity contribution < 1.29 is 33.3 Å². The predicted molar refractivity (Wildman–Crippen MR) is 221 cm³/mol. The minimum Gasteiger partial charge on any atom is -0.465 e. The first-order chi connectivity index (χ1) is 27.2. The van der Waals surface area contributed by atoms with Crippen LogP contribution < -0.4 is 15.3 Å². The van der Waals surface area contributed by atoms with Crippen LogP contribution in [0.1, 0.15) is 95.0 Å². The quantitative estimate of drug-likeness (QED) is 0.159. The average molecular weight is 764 g/mol. The molecule has 0 saturated carbocycles. The van der Waals surface area contributed by atoms with E-state index in [0.29, 0.717) is 48.2 Å². The zero-order valence-corrected chi connectivity index (χ0v) is 33.9. The molecule has 0 spiro atoms. The van der Waals surface area contributed by atoms with Gasteiger partial charge in [0.15, 0.2) is 0 Å². The molecule has 3 atom stereocenters. The highest BCUT2D eigenvalue weighted by molar-refractivity contribution is 6.33. The number of ether oxygens (including phenoxy) is 5. The van der Waals surface area contributed by atoms with Crippen LogP contribution in [0.5, 0.6) is 0 Å². The van der Waals surface area contributed by atoms with Crippen molar-refractivity contribution in [2.24, 2.45) is 0 Å². The lowest BCUT2D eigenvalue weighted by Gasteiger charge is -2.39. The maximum atomic E-state index is 14.2. The maximum Gasteiger partial charge on any atom is 0.338 e. The van der Waals surface area contributed by atoms with Crippen LogP contribution in [0.15, 0.2) is 42.5 Å². The second-order valence-electron chi connectivity index (χ2n) is 15.7. The molecule has 0 aromatic heterocycles. The topological polar surface area (TPSA) is 90.0 Å². The van der Waals surface area contributed by atoms with Gasteiger partial charge in [0.25, 0.3) is 0 Å². The number of anilines is 2. The van der Waals surface area contributed by atoms with Gasteiger partial charge in [0.1, 0.15) is 14.5 Å².